The highest BCUT2D eigenvalue weighted by molar-refractivity contribution is 5.49. The third-order valence-electron chi connectivity index (χ3n) is 4.22. The van der Waals surface area contributed by atoms with Gasteiger partial charge in [0, 0.05) is 31.4 Å². The molecule has 2 N–H and O–H groups in total. The average Bonchev–Trinajstić information content (AvgIpc) is 2.42. The van der Waals surface area contributed by atoms with Crippen molar-refractivity contribution in [3.63, 3.8) is 0 Å². The molecule has 0 unspecified atom stereocenters. The summed E-state index contributed by atoms with van der Waals surface area (Å²) in [4.78, 5) is 2.48. The van der Waals surface area contributed by atoms with Crippen LogP contribution >= 0.6 is 0 Å². The van der Waals surface area contributed by atoms with Gasteiger partial charge in [-0.2, -0.15) is 0 Å². The van der Waals surface area contributed by atoms with Crippen molar-refractivity contribution in [2.45, 2.75) is 52.1 Å². The second-order valence-corrected chi connectivity index (χ2v) is 6.55. The third kappa shape index (κ3) is 5.01. The minimum Gasteiger partial charge on any atom is -0.396 e. The summed E-state index contributed by atoms with van der Waals surface area (Å²) < 4.78 is 0. The first-order valence-corrected chi connectivity index (χ1v) is 8.38. The highest BCUT2D eigenvalue weighted by Gasteiger charge is 2.24. The van der Waals surface area contributed by atoms with E-state index in [-0.39, 0.29) is 6.61 Å². The Morgan fingerprint density at radius 1 is 1.24 bits per heavy atom. The summed E-state index contributed by atoms with van der Waals surface area (Å²) in [5.41, 5.74) is 2.65. The molecule has 21 heavy (non-hydrogen) atoms. The fourth-order valence-electron chi connectivity index (χ4n) is 2.77. The van der Waals surface area contributed by atoms with Gasteiger partial charge >= 0.3 is 0 Å². The van der Waals surface area contributed by atoms with Gasteiger partial charge in [0.25, 0.3) is 0 Å². The first-order chi connectivity index (χ1) is 10.2. The number of anilines is 1. The fourth-order valence-corrected chi connectivity index (χ4v) is 2.77. The molecule has 0 saturated heterocycles. The summed E-state index contributed by atoms with van der Waals surface area (Å²) in [6.07, 6.45) is 4.79. The van der Waals surface area contributed by atoms with Crippen LogP contribution < -0.4 is 10.2 Å². The van der Waals surface area contributed by atoms with E-state index in [1.807, 2.05) is 0 Å². The van der Waals surface area contributed by atoms with E-state index in [2.05, 4.69) is 48.3 Å². The molecule has 0 bridgehead atoms. The Morgan fingerprint density at radius 2 is 1.95 bits per heavy atom. The summed E-state index contributed by atoms with van der Waals surface area (Å²) >= 11 is 0. The molecular formula is C18H30N2O. The Balaban J connectivity index is 1.91. The second kappa shape index (κ2) is 8.40. The van der Waals surface area contributed by atoms with E-state index in [1.165, 1.54) is 30.5 Å². The predicted octanol–water partition coefficient (Wildman–Crippen LogP) is 3.17. The van der Waals surface area contributed by atoms with Crippen molar-refractivity contribution < 1.29 is 5.11 Å². The lowest BCUT2D eigenvalue weighted by Gasteiger charge is -2.39. The number of hydrogen-bond acceptors (Lipinski definition) is 3. The molecule has 1 aromatic rings. The second-order valence-electron chi connectivity index (χ2n) is 6.55. The first kappa shape index (κ1) is 16.3. The molecule has 0 aromatic heterocycles. The smallest absolute Gasteiger partial charge is 0.0447 e. The highest BCUT2D eigenvalue weighted by atomic mass is 16.3. The van der Waals surface area contributed by atoms with Crippen molar-refractivity contribution in [3.05, 3.63) is 29.8 Å². The lowest BCUT2D eigenvalue weighted by Crippen LogP contribution is -2.41. The van der Waals surface area contributed by atoms with Crippen molar-refractivity contribution in [2.24, 2.45) is 5.92 Å². The molecule has 1 saturated carbocycles. The molecule has 1 aromatic carbocycles. The van der Waals surface area contributed by atoms with E-state index in [9.17, 15) is 0 Å². The minimum atomic E-state index is 0.278. The van der Waals surface area contributed by atoms with Gasteiger partial charge in [0.15, 0.2) is 0 Å². The zero-order valence-electron chi connectivity index (χ0n) is 13.5. The molecule has 0 spiro atoms. The predicted molar refractivity (Wildman–Crippen MR) is 89.7 cm³/mol. The van der Waals surface area contributed by atoms with Crippen LogP contribution in [0.15, 0.2) is 24.3 Å². The molecule has 3 heteroatoms. The molecule has 1 aliphatic carbocycles. The molecule has 1 aliphatic rings. The van der Waals surface area contributed by atoms with Gasteiger partial charge in [-0.15, -0.1) is 0 Å². The van der Waals surface area contributed by atoms with Crippen LogP contribution in [-0.4, -0.2) is 30.8 Å². The SMILES string of the molecule is CC(C)CNCc1ccc(N(CCCO)C2CCC2)cc1. The molecule has 0 aliphatic heterocycles. The lowest BCUT2D eigenvalue weighted by molar-refractivity contribution is 0.283. The van der Waals surface area contributed by atoms with E-state index in [4.69, 9.17) is 5.11 Å². The van der Waals surface area contributed by atoms with Crippen molar-refractivity contribution in [3.8, 4) is 0 Å². The average molecular weight is 290 g/mol. The molecule has 3 nitrogen and oxygen atoms in total. The van der Waals surface area contributed by atoms with Crippen LogP contribution in [0.25, 0.3) is 0 Å². The Kier molecular flexibility index (Phi) is 6.52. The van der Waals surface area contributed by atoms with Gasteiger partial charge < -0.3 is 15.3 Å². The van der Waals surface area contributed by atoms with Crippen LogP contribution in [0.2, 0.25) is 0 Å². The largest absolute Gasteiger partial charge is 0.396 e. The van der Waals surface area contributed by atoms with E-state index >= 15 is 0 Å². The zero-order valence-corrected chi connectivity index (χ0v) is 13.5. The van der Waals surface area contributed by atoms with E-state index in [1.54, 1.807) is 0 Å². The lowest BCUT2D eigenvalue weighted by atomic mass is 9.91. The van der Waals surface area contributed by atoms with Crippen LogP contribution in [0.4, 0.5) is 5.69 Å². The van der Waals surface area contributed by atoms with Crippen LogP contribution in [0.3, 0.4) is 0 Å². The van der Waals surface area contributed by atoms with E-state index in [0.29, 0.717) is 12.0 Å². The maximum atomic E-state index is 9.09. The van der Waals surface area contributed by atoms with Crippen molar-refractivity contribution in [2.75, 3.05) is 24.6 Å². The van der Waals surface area contributed by atoms with Gasteiger partial charge in [-0.05, 0) is 55.8 Å². The molecule has 1 fully saturated rings. The van der Waals surface area contributed by atoms with Gasteiger partial charge in [0.2, 0.25) is 0 Å². The molecule has 0 amide bonds. The quantitative estimate of drug-likeness (QED) is 0.733. The Morgan fingerprint density at radius 3 is 2.48 bits per heavy atom. The zero-order chi connectivity index (χ0) is 15.1. The van der Waals surface area contributed by atoms with Gasteiger partial charge in [0.1, 0.15) is 0 Å². The van der Waals surface area contributed by atoms with Gasteiger partial charge in [-0.25, -0.2) is 0 Å². The van der Waals surface area contributed by atoms with Crippen molar-refractivity contribution in [1.29, 1.82) is 0 Å². The molecule has 0 atom stereocenters. The molecule has 2 rings (SSSR count). The number of aliphatic hydroxyl groups excluding tert-OH is 1. The third-order valence-corrected chi connectivity index (χ3v) is 4.22. The Labute approximate surface area is 129 Å². The maximum absolute atomic E-state index is 9.09. The summed E-state index contributed by atoms with van der Waals surface area (Å²) in [5, 5.41) is 12.6. The molecule has 0 radical (unpaired) electrons. The normalized spacial score (nSPS) is 15.2. The standard InChI is InChI=1S/C18H30N2O/c1-15(2)13-19-14-16-7-9-18(10-8-16)20(11-4-12-21)17-5-3-6-17/h7-10,15,17,19,21H,3-6,11-14H2,1-2H3. The van der Waals surface area contributed by atoms with Crippen molar-refractivity contribution in [1.82, 2.24) is 5.32 Å². The van der Waals surface area contributed by atoms with E-state index < -0.39 is 0 Å². The monoisotopic (exact) mass is 290 g/mol. The summed E-state index contributed by atoms with van der Waals surface area (Å²) in [7, 11) is 0. The van der Waals surface area contributed by atoms with E-state index in [0.717, 1.165) is 26.1 Å². The van der Waals surface area contributed by atoms with Crippen LogP contribution in [0, 0.1) is 5.92 Å². The first-order valence-electron chi connectivity index (χ1n) is 8.38. The number of rotatable bonds is 9. The van der Waals surface area contributed by atoms with Crippen LogP contribution in [0.5, 0.6) is 0 Å². The molecular weight excluding hydrogens is 260 g/mol. The molecule has 118 valence electrons. The van der Waals surface area contributed by atoms with Gasteiger partial charge in [-0.3, -0.25) is 0 Å². The van der Waals surface area contributed by atoms with Crippen molar-refractivity contribution >= 4 is 5.69 Å². The summed E-state index contributed by atoms with van der Waals surface area (Å²) in [6, 6.07) is 9.62. The molecule has 0 heterocycles. The number of nitrogens with one attached hydrogen (secondary N) is 1. The highest BCUT2D eigenvalue weighted by Crippen LogP contribution is 2.29. The fraction of sp³-hybridized carbons (Fsp3) is 0.667. The summed E-state index contributed by atoms with van der Waals surface area (Å²) in [6.45, 7) is 7.71. The Hall–Kier alpha value is -1.06. The number of hydrogen-bond donors (Lipinski definition) is 2. The van der Waals surface area contributed by atoms with Crippen LogP contribution in [0.1, 0.15) is 45.1 Å². The Bertz CT molecular complexity index is 398. The topological polar surface area (TPSA) is 35.5 Å². The summed E-state index contributed by atoms with van der Waals surface area (Å²) in [5.74, 6) is 0.692. The number of nitrogens with zero attached hydrogens (tertiary/aromatic N) is 1. The van der Waals surface area contributed by atoms with Gasteiger partial charge in [0.05, 0.1) is 0 Å². The minimum absolute atomic E-state index is 0.278. The van der Waals surface area contributed by atoms with Crippen LogP contribution in [-0.2, 0) is 6.54 Å². The maximum Gasteiger partial charge on any atom is 0.0447 e. The number of benzene rings is 1. The van der Waals surface area contributed by atoms with Gasteiger partial charge in [-0.1, -0.05) is 26.0 Å². The number of aliphatic hydroxyl groups is 1.